The lowest BCUT2D eigenvalue weighted by Gasteiger charge is -2.27. The zero-order valence-electron chi connectivity index (χ0n) is 24.5. The van der Waals surface area contributed by atoms with Crippen LogP contribution in [0.2, 0.25) is 0 Å². The average molecular weight is 589 g/mol. The van der Waals surface area contributed by atoms with Crippen molar-refractivity contribution >= 4 is 17.6 Å². The van der Waals surface area contributed by atoms with Gasteiger partial charge in [-0.25, -0.2) is 4.39 Å². The Morgan fingerprint density at radius 3 is 2.23 bits per heavy atom. The second kappa shape index (κ2) is 12.2. The number of hydrogen-bond acceptors (Lipinski definition) is 6. The number of rotatable bonds is 10. The van der Waals surface area contributed by atoms with Crippen LogP contribution in [-0.4, -0.2) is 54.3 Å². The monoisotopic (exact) mass is 588 g/mol. The SMILES string of the molecule is CCc1cc(F)cc(CC)c1NC(=O)CN1C[C@H](c2ccc3c(c2)OCCO3)C(C(=O)O)[C@@H]1c1ccc(OC2CC2)cc1. The summed E-state index contributed by atoms with van der Waals surface area (Å²) in [6.07, 6.45) is 3.46. The standard InChI is InChI=1S/C34H37FN2O6/c1-3-20-15-24(35)16-21(4-2)32(20)36-30(38)19-37-18-27(23-7-12-28-29(17-23)42-14-13-41-28)31(34(39)40)33(37)22-5-8-25(9-6-22)43-26-10-11-26/h5-9,12,15-17,26-27,31,33H,3-4,10-11,13-14,18-19H2,1-2H3,(H,36,38)(H,39,40)/t27-,31?,33+/m1/s1. The van der Waals surface area contributed by atoms with Gasteiger partial charge in [0.15, 0.2) is 11.5 Å². The molecule has 8 nitrogen and oxygen atoms in total. The quantitative estimate of drug-likeness (QED) is 0.312. The summed E-state index contributed by atoms with van der Waals surface area (Å²) >= 11 is 0. The van der Waals surface area contributed by atoms with E-state index in [1.165, 1.54) is 12.1 Å². The van der Waals surface area contributed by atoms with Gasteiger partial charge in [0, 0.05) is 24.2 Å². The molecular formula is C34H37FN2O6. The first kappa shape index (κ1) is 29.0. The summed E-state index contributed by atoms with van der Waals surface area (Å²) in [5.41, 5.74) is 3.71. The van der Waals surface area contributed by atoms with Crippen LogP contribution in [0.15, 0.2) is 54.6 Å². The zero-order chi connectivity index (χ0) is 30.1. The van der Waals surface area contributed by atoms with E-state index in [9.17, 15) is 19.1 Å². The number of carboxylic acids is 1. The third-order valence-corrected chi connectivity index (χ3v) is 8.57. The number of carbonyl (C=O) groups is 2. The Bertz CT molecular complexity index is 1480. The van der Waals surface area contributed by atoms with E-state index in [0.29, 0.717) is 49.8 Å². The van der Waals surface area contributed by atoms with Crippen LogP contribution in [0.25, 0.3) is 0 Å². The minimum absolute atomic E-state index is 0.0283. The van der Waals surface area contributed by atoms with E-state index in [-0.39, 0.29) is 24.4 Å². The molecule has 9 heteroatoms. The number of nitrogens with one attached hydrogen (secondary N) is 1. The van der Waals surface area contributed by atoms with Gasteiger partial charge in [0.25, 0.3) is 0 Å². The molecule has 0 bridgehead atoms. The predicted octanol–water partition coefficient (Wildman–Crippen LogP) is 5.74. The summed E-state index contributed by atoms with van der Waals surface area (Å²) in [6, 6.07) is 15.5. The Labute approximate surface area is 250 Å². The highest BCUT2D eigenvalue weighted by atomic mass is 19.1. The van der Waals surface area contributed by atoms with Crippen LogP contribution in [0.1, 0.15) is 60.9 Å². The molecule has 0 aromatic heterocycles. The van der Waals surface area contributed by atoms with Crippen molar-refractivity contribution in [3.8, 4) is 17.2 Å². The van der Waals surface area contributed by atoms with Crippen molar-refractivity contribution in [1.29, 1.82) is 0 Å². The fourth-order valence-corrected chi connectivity index (χ4v) is 6.35. The van der Waals surface area contributed by atoms with Gasteiger partial charge in [0.2, 0.25) is 5.91 Å². The molecule has 3 aliphatic rings. The number of nitrogens with zero attached hydrogens (tertiary/aromatic N) is 1. The van der Waals surface area contributed by atoms with Crippen molar-refractivity contribution in [2.75, 3.05) is 31.6 Å². The maximum atomic E-state index is 14.2. The molecule has 3 atom stereocenters. The van der Waals surface area contributed by atoms with Crippen LogP contribution in [0, 0.1) is 11.7 Å². The Kier molecular flexibility index (Phi) is 8.25. The number of anilines is 1. The van der Waals surface area contributed by atoms with Crippen molar-refractivity contribution < 1.29 is 33.3 Å². The van der Waals surface area contributed by atoms with Gasteiger partial charge in [-0.15, -0.1) is 0 Å². The number of aliphatic carboxylic acids is 1. The maximum Gasteiger partial charge on any atom is 0.309 e. The highest BCUT2D eigenvalue weighted by molar-refractivity contribution is 5.94. The number of carbonyl (C=O) groups excluding carboxylic acids is 1. The van der Waals surface area contributed by atoms with Crippen molar-refractivity contribution in [3.05, 3.63) is 82.7 Å². The summed E-state index contributed by atoms with van der Waals surface area (Å²) in [5, 5.41) is 13.6. The average Bonchev–Trinajstić information content (AvgIpc) is 3.75. The Morgan fingerprint density at radius 1 is 0.953 bits per heavy atom. The number of likely N-dealkylation sites (tertiary alicyclic amines) is 1. The number of amides is 1. The third kappa shape index (κ3) is 6.18. The summed E-state index contributed by atoms with van der Waals surface area (Å²) in [5.74, 6) is -0.793. The van der Waals surface area contributed by atoms with Gasteiger partial charge in [0.05, 0.1) is 18.6 Å². The minimum atomic E-state index is -0.939. The lowest BCUT2D eigenvalue weighted by atomic mass is 9.82. The first-order valence-electron chi connectivity index (χ1n) is 15.1. The molecule has 0 radical (unpaired) electrons. The van der Waals surface area contributed by atoms with Gasteiger partial charge < -0.3 is 24.6 Å². The molecular weight excluding hydrogens is 551 g/mol. The molecule has 1 amide bonds. The highest BCUT2D eigenvalue weighted by Crippen LogP contribution is 2.47. The van der Waals surface area contributed by atoms with Crippen LogP contribution in [-0.2, 0) is 22.4 Å². The third-order valence-electron chi connectivity index (χ3n) is 8.57. The zero-order valence-corrected chi connectivity index (χ0v) is 24.5. The summed E-state index contributed by atoms with van der Waals surface area (Å²) in [6.45, 7) is 5.06. The largest absolute Gasteiger partial charge is 0.490 e. The number of ether oxygens (including phenoxy) is 3. The van der Waals surface area contributed by atoms with E-state index in [4.69, 9.17) is 14.2 Å². The molecule has 2 fully saturated rings. The predicted molar refractivity (Wildman–Crippen MR) is 159 cm³/mol. The Morgan fingerprint density at radius 2 is 1.60 bits per heavy atom. The van der Waals surface area contributed by atoms with Crippen molar-refractivity contribution in [2.24, 2.45) is 5.92 Å². The van der Waals surface area contributed by atoms with Gasteiger partial charge in [-0.2, -0.15) is 0 Å². The topological polar surface area (TPSA) is 97.3 Å². The first-order valence-corrected chi connectivity index (χ1v) is 15.1. The second-order valence-corrected chi connectivity index (χ2v) is 11.5. The molecule has 3 aromatic carbocycles. The molecule has 1 unspecified atom stereocenters. The fourth-order valence-electron chi connectivity index (χ4n) is 6.35. The fraction of sp³-hybridized carbons (Fsp3) is 0.412. The first-order chi connectivity index (χ1) is 20.8. The number of halogens is 1. The molecule has 43 heavy (non-hydrogen) atoms. The molecule has 3 aromatic rings. The number of aryl methyl sites for hydroxylation is 2. The number of hydrogen-bond donors (Lipinski definition) is 2. The lowest BCUT2D eigenvalue weighted by molar-refractivity contribution is -0.143. The van der Waals surface area contributed by atoms with Crippen LogP contribution in [0.5, 0.6) is 17.2 Å². The van der Waals surface area contributed by atoms with Gasteiger partial charge in [-0.05, 0) is 84.3 Å². The van der Waals surface area contributed by atoms with E-state index in [1.807, 2.05) is 61.2 Å². The summed E-state index contributed by atoms with van der Waals surface area (Å²) < 4.78 is 31.6. The van der Waals surface area contributed by atoms with Crippen LogP contribution >= 0.6 is 0 Å². The molecule has 226 valence electrons. The molecule has 0 spiro atoms. The number of benzene rings is 3. The van der Waals surface area contributed by atoms with E-state index in [2.05, 4.69) is 5.32 Å². The summed E-state index contributed by atoms with van der Waals surface area (Å²) in [7, 11) is 0. The molecule has 1 aliphatic carbocycles. The molecule has 1 saturated heterocycles. The summed E-state index contributed by atoms with van der Waals surface area (Å²) in [4.78, 5) is 28.5. The van der Waals surface area contributed by atoms with E-state index in [0.717, 1.165) is 40.8 Å². The second-order valence-electron chi connectivity index (χ2n) is 11.5. The molecule has 1 saturated carbocycles. The van der Waals surface area contributed by atoms with E-state index in [1.54, 1.807) is 0 Å². The van der Waals surface area contributed by atoms with Crippen LogP contribution in [0.3, 0.4) is 0 Å². The molecule has 2 heterocycles. The lowest BCUT2D eigenvalue weighted by Crippen LogP contribution is -2.35. The van der Waals surface area contributed by atoms with E-state index >= 15 is 0 Å². The van der Waals surface area contributed by atoms with Gasteiger partial charge in [-0.3, -0.25) is 14.5 Å². The highest BCUT2D eigenvalue weighted by Gasteiger charge is 2.48. The minimum Gasteiger partial charge on any atom is -0.490 e. The van der Waals surface area contributed by atoms with Crippen molar-refractivity contribution in [1.82, 2.24) is 4.90 Å². The van der Waals surface area contributed by atoms with Crippen LogP contribution < -0.4 is 19.5 Å². The van der Waals surface area contributed by atoms with Crippen LogP contribution in [0.4, 0.5) is 10.1 Å². The Balaban J connectivity index is 1.32. The maximum absolute atomic E-state index is 14.2. The smallest absolute Gasteiger partial charge is 0.309 e. The number of fused-ring (bicyclic) bond motifs is 1. The molecule has 6 rings (SSSR count). The van der Waals surface area contributed by atoms with Gasteiger partial charge in [-0.1, -0.05) is 32.0 Å². The van der Waals surface area contributed by atoms with Gasteiger partial charge in [0.1, 0.15) is 24.8 Å². The van der Waals surface area contributed by atoms with Crippen molar-refractivity contribution in [3.63, 3.8) is 0 Å². The Hall–Kier alpha value is -4.11. The van der Waals surface area contributed by atoms with Crippen molar-refractivity contribution in [2.45, 2.75) is 57.6 Å². The van der Waals surface area contributed by atoms with Gasteiger partial charge >= 0.3 is 5.97 Å². The number of carboxylic acid groups (broad SMARTS) is 1. The van der Waals surface area contributed by atoms with E-state index < -0.39 is 23.8 Å². The molecule has 2 aliphatic heterocycles. The molecule has 2 N–H and O–H groups in total. The normalized spacial score (nSPS) is 21.4.